The first-order chi connectivity index (χ1) is 6.03. The quantitative estimate of drug-likeness (QED) is 0.284. The molecule has 1 aliphatic heterocycles. The molecule has 0 bridgehead atoms. The van der Waals surface area contributed by atoms with Gasteiger partial charge in [0, 0.05) is 12.8 Å². The minimum absolute atomic E-state index is 0.245. The van der Waals surface area contributed by atoms with Gasteiger partial charge < -0.3 is 5.21 Å². The summed E-state index contributed by atoms with van der Waals surface area (Å²) >= 11 is 0. The molecule has 5 heteroatoms. The van der Waals surface area contributed by atoms with E-state index in [1.807, 2.05) is 0 Å². The second-order valence-electron chi connectivity index (χ2n) is 3.45. The Morgan fingerprint density at radius 1 is 1.46 bits per heavy atom. The fourth-order valence-electron chi connectivity index (χ4n) is 1.48. The lowest BCUT2D eigenvalue weighted by molar-refractivity contribution is -0.462. The van der Waals surface area contributed by atoms with Gasteiger partial charge in [0.25, 0.3) is 0 Å². The third kappa shape index (κ3) is 3.34. The Morgan fingerprint density at radius 2 is 2.00 bits per heavy atom. The predicted octanol–water partition coefficient (Wildman–Crippen LogP) is 0.412. The summed E-state index contributed by atoms with van der Waals surface area (Å²) in [6.45, 7) is 2.12. The molecule has 0 aromatic heterocycles. The average molecular weight is 205 g/mol. The lowest BCUT2D eigenvalue weighted by Gasteiger charge is -2.20. The summed E-state index contributed by atoms with van der Waals surface area (Å²) < 4.78 is 23.0. The molecule has 4 nitrogen and oxygen atoms in total. The van der Waals surface area contributed by atoms with Crippen LogP contribution in [-0.2, 0) is 9.84 Å². The van der Waals surface area contributed by atoms with Crippen LogP contribution in [0.3, 0.4) is 0 Å². The molecule has 1 aliphatic rings. The molecule has 0 aliphatic carbocycles. The largest absolute Gasteiger partial charge is 0.624 e. The van der Waals surface area contributed by atoms with E-state index in [4.69, 9.17) is 0 Å². The van der Waals surface area contributed by atoms with Crippen LogP contribution < -0.4 is 0 Å². The molecule has 0 radical (unpaired) electrons. The number of hydrogen-bond acceptors (Lipinski definition) is 3. The van der Waals surface area contributed by atoms with E-state index in [1.54, 1.807) is 6.92 Å². The summed E-state index contributed by atoms with van der Waals surface area (Å²) in [4.78, 5) is 0. The minimum atomic E-state index is -2.79. The van der Waals surface area contributed by atoms with Crippen molar-refractivity contribution in [3.63, 3.8) is 0 Å². The van der Waals surface area contributed by atoms with Crippen molar-refractivity contribution in [2.75, 3.05) is 18.1 Å². The van der Waals surface area contributed by atoms with E-state index in [9.17, 15) is 13.6 Å². The van der Waals surface area contributed by atoms with Gasteiger partial charge in [0.15, 0.2) is 6.54 Å². The predicted molar refractivity (Wildman–Crippen MR) is 51.6 cm³/mol. The van der Waals surface area contributed by atoms with Crippen molar-refractivity contribution in [2.45, 2.75) is 19.8 Å². The smallest absolute Gasteiger partial charge is 0.155 e. The fraction of sp³-hybridized carbons (Fsp3) is 0.875. The summed E-state index contributed by atoms with van der Waals surface area (Å²) in [5, 5.41) is 11.0. The maximum atomic E-state index is 11.1. The first-order valence-electron chi connectivity index (χ1n) is 4.47. The molecule has 1 rings (SSSR count). The molecule has 0 N–H and O–H groups in total. The Labute approximate surface area is 78.8 Å². The first-order valence-corrected chi connectivity index (χ1v) is 6.29. The van der Waals surface area contributed by atoms with Crippen molar-refractivity contribution in [1.82, 2.24) is 0 Å². The van der Waals surface area contributed by atoms with E-state index in [0.29, 0.717) is 19.4 Å². The van der Waals surface area contributed by atoms with Gasteiger partial charge in [-0.3, -0.25) is 0 Å². The maximum absolute atomic E-state index is 11.1. The highest BCUT2D eigenvalue weighted by molar-refractivity contribution is 7.91. The van der Waals surface area contributed by atoms with Gasteiger partial charge in [-0.05, 0) is 12.8 Å². The Kier molecular flexibility index (Phi) is 3.30. The van der Waals surface area contributed by atoms with Crippen LogP contribution in [-0.4, -0.2) is 37.4 Å². The summed E-state index contributed by atoms with van der Waals surface area (Å²) in [6, 6.07) is 0. The van der Waals surface area contributed by atoms with Gasteiger partial charge in [-0.1, -0.05) is 0 Å². The average Bonchev–Trinajstić information content (AvgIpc) is 2.08. The Hall–Kier alpha value is -0.580. The molecule has 0 aromatic rings. The normalized spacial score (nSPS) is 24.5. The van der Waals surface area contributed by atoms with Gasteiger partial charge in [0.2, 0.25) is 0 Å². The van der Waals surface area contributed by atoms with E-state index in [0.717, 1.165) is 4.74 Å². The highest BCUT2D eigenvalue weighted by atomic mass is 32.2. The van der Waals surface area contributed by atoms with Crippen LogP contribution in [0.1, 0.15) is 19.8 Å². The number of hydroxylamine groups is 1. The van der Waals surface area contributed by atoms with E-state index >= 15 is 0 Å². The third-order valence-corrected chi connectivity index (χ3v) is 4.12. The van der Waals surface area contributed by atoms with Crippen LogP contribution >= 0.6 is 0 Å². The number of sulfone groups is 1. The molecule has 1 saturated heterocycles. The molecular weight excluding hydrogens is 190 g/mol. The van der Waals surface area contributed by atoms with Crippen LogP contribution in [0, 0.1) is 11.1 Å². The second-order valence-corrected chi connectivity index (χ2v) is 5.76. The van der Waals surface area contributed by atoms with E-state index in [2.05, 4.69) is 0 Å². The second kappa shape index (κ2) is 4.09. The van der Waals surface area contributed by atoms with Crippen LogP contribution in [0.4, 0.5) is 0 Å². The topological polar surface area (TPSA) is 60.2 Å². The van der Waals surface area contributed by atoms with Gasteiger partial charge in [0.1, 0.15) is 16.1 Å². The van der Waals surface area contributed by atoms with Crippen molar-refractivity contribution in [2.24, 2.45) is 5.92 Å². The third-order valence-electron chi connectivity index (χ3n) is 2.40. The van der Waals surface area contributed by atoms with Crippen LogP contribution in [0.15, 0.2) is 0 Å². The number of rotatable bonds is 2. The summed E-state index contributed by atoms with van der Waals surface area (Å²) in [5.41, 5.74) is 0. The van der Waals surface area contributed by atoms with Crippen LogP contribution in [0.25, 0.3) is 0 Å². The Balaban J connectivity index is 2.42. The van der Waals surface area contributed by atoms with E-state index < -0.39 is 9.84 Å². The maximum Gasteiger partial charge on any atom is 0.155 e. The molecule has 1 heterocycles. The fourth-order valence-corrected chi connectivity index (χ4v) is 3.07. The minimum Gasteiger partial charge on any atom is -0.624 e. The molecule has 0 amide bonds. The monoisotopic (exact) mass is 205 g/mol. The van der Waals surface area contributed by atoms with Gasteiger partial charge in [-0.15, -0.1) is 0 Å². The van der Waals surface area contributed by atoms with Crippen molar-refractivity contribution in [3.05, 3.63) is 5.21 Å². The van der Waals surface area contributed by atoms with E-state index in [1.165, 1.54) is 6.21 Å². The van der Waals surface area contributed by atoms with Gasteiger partial charge >= 0.3 is 0 Å². The van der Waals surface area contributed by atoms with Crippen LogP contribution in [0.2, 0.25) is 0 Å². The molecule has 13 heavy (non-hydrogen) atoms. The van der Waals surface area contributed by atoms with E-state index in [-0.39, 0.29) is 17.4 Å². The summed E-state index contributed by atoms with van der Waals surface area (Å²) in [6.07, 6.45) is 2.74. The van der Waals surface area contributed by atoms with Gasteiger partial charge in [-0.2, -0.15) is 0 Å². The van der Waals surface area contributed by atoms with Crippen molar-refractivity contribution in [3.8, 4) is 0 Å². The Bertz CT molecular complexity index is 281. The zero-order chi connectivity index (χ0) is 9.90. The number of hydrogen-bond donors (Lipinski definition) is 0. The van der Waals surface area contributed by atoms with Crippen molar-refractivity contribution in [1.29, 1.82) is 0 Å². The number of nitrogens with zero attached hydrogens (tertiary/aromatic N) is 1. The molecule has 0 unspecified atom stereocenters. The zero-order valence-corrected chi connectivity index (χ0v) is 8.59. The standard InChI is InChI=1S/C8H15NO3S/c1-2-9(10)7-8-3-5-13(11,12)6-4-8/h2,8H,3-7H2,1H3/b9-2+. The molecule has 0 saturated carbocycles. The Morgan fingerprint density at radius 3 is 2.46 bits per heavy atom. The lowest BCUT2D eigenvalue weighted by atomic mass is 10.0. The molecular formula is C8H15NO3S. The molecule has 76 valence electrons. The SMILES string of the molecule is C/C=[N+](/[O-])CC1CCS(=O)(=O)CC1. The molecule has 0 spiro atoms. The van der Waals surface area contributed by atoms with Gasteiger partial charge in [0.05, 0.1) is 11.5 Å². The molecule has 0 aromatic carbocycles. The van der Waals surface area contributed by atoms with Crippen molar-refractivity contribution < 1.29 is 13.2 Å². The summed E-state index contributed by atoms with van der Waals surface area (Å²) in [7, 11) is -2.79. The zero-order valence-electron chi connectivity index (χ0n) is 7.77. The van der Waals surface area contributed by atoms with Crippen molar-refractivity contribution >= 4 is 16.1 Å². The van der Waals surface area contributed by atoms with Crippen LogP contribution in [0.5, 0.6) is 0 Å². The summed E-state index contributed by atoms with van der Waals surface area (Å²) in [5.74, 6) is 0.738. The highest BCUT2D eigenvalue weighted by Gasteiger charge is 2.25. The first kappa shape index (κ1) is 10.5. The molecule has 1 fully saturated rings. The lowest BCUT2D eigenvalue weighted by Crippen LogP contribution is -2.28. The highest BCUT2D eigenvalue weighted by Crippen LogP contribution is 2.18. The molecule has 0 atom stereocenters. The van der Waals surface area contributed by atoms with Gasteiger partial charge in [-0.25, -0.2) is 13.2 Å².